The Kier molecular flexibility index (Phi) is 7.04. The van der Waals surface area contributed by atoms with Gasteiger partial charge in [0, 0.05) is 37.7 Å². The van der Waals surface area contributed by atoms with Crippen molar-refractivity contribution in [2.75, 3.05) is 38.7 Å². The van der Waals surface area contributed by atoms with Gasteiger partial charge in [0.25, 0.3) is 0 Å². The molecule has 0 saturated carbocycles. The van der Waals surface area contributed by atoms with Crippen LogP contribution in [0.15, 0.2) is 18.2 Å². The fourth-order valence-corrected chi connectivity index (χ4v) is 2.93. The molecule has 2 rings (SSSR count). The Morgan fingerprint density at radius 2 is 2.08 bits per heavy atom. The zero-order valence-corrected chi connectivity index (χ0v) is 15.0. The second kappa shape index (κ2) is 9.03. The third kappa shape index (κ3) is 5.07. The van der Waals surface area contributed by atoms with Crippen molar-refractivity contribution in [3.05, 3.63) is 23.2 Å². The third-order valence-electron chi connectivity index (χ3n) is 4.40. The van der Waals surface area contributed by atoms with Crippen molar-refractivity contribution in [3.63, 3.8) is 0 Å². The Hall–Kier alpha value is -1.83. The van der Waals surface area contributed by atoms with E-state index in [2.05, 4.69) is 10.6 Å². The highest BCUT2D eigenvalue weighted by Crippen LogP contribution is 2.29. The maximum atomic E-state index is 12.4. The quantitative estimate of drug-likeness (QED) is 0.676. The second-order valence-electron chi connectivity index (χ2n) is 6.00. The molecule has 0 aromatic heterocycles. The Labute approximate surface area is 152 Å². The number of carbonyl (C=O) groups excluding carboxylic acids is 2. The van der Waals surface area contributed by atoms with E-state index < -0.39 is 5.41 Å². The number of benzene rings is 1. The third-order valence-corrected chi connectivity index (χ3v) is 4.63. The van der Waals surface area contributed by atoms with Crippen molar-refractivity contribution in [1.82, 2.24) is 5.32 Å². The van der Waals surface area contributed by atoms with Crippen molar-refractivity contribution in [3.8, 4) is 5.75 Å². The van der Waals surface area contributed by atoms with Crippen LogP contribution in [0, 0.1) is 5.41 Å². The zero-order chi connectivity index (χ0) is 18.3. The highest BCUT2D eigenvalue weighted by molar-refractivity contribution is 6.31. The molecule has 2 amide bonds. The minimum atomic E-state index is -0.592. The molecule has 0 radical (unpaired) electrons. The van der Waals surface area contributed by atoms with Crippen molar-refractivity contribution in [1.29, 1.82) is 0 Å². The molecule has 8 heteroatoms. The second-order valence-corrected chi connectivity index (χ2v) is 6.43. The van der Waals surface area contributed by atoms with E-state index in [1.165, 1.54) is 7.11 Å². The Morgan fingerprint density at radius 1 is 1.36 bits per heavy atom. The van der Waals surface area contributed by atoms with Crippen LogP contribution in [-0.2, 0) is 14.3 Å². The van der Waals surface area contributed by atoms with E-state index in [0.717, 1.165) is 0 Å². The highest BCUT2D eigenvalue weighted by Gasteiger charge is 2.38. The van der Waals surface area contributed by atoms with Gasteiger partial charge in [-0.3, -0.25) is 9.59 Å². The lowest BCUT2D eigenvalue weighted by Gasteiger charge is -2.34. The normalized spacial score (nSPS) is 16.1. The Balaban J connectivity index is 1.84. The first-order chi connectivity index (χ1) is 12.0. The molecule has 1 fully saturated rings. The average Bonchev–Trinajstić information content (AvgIpc) is 2.62. The van der Waals surface area contributed by atoms with Crippen LogP contribution >= 0.6 is 11.6 Å². The predicted molar refractivity (Wildman–Crippen MR) is 95.8 cm³/mol. The van der Waals surface area contributed by atoms with Gasteiger partial charge in [0.15, 0.2) is 0 Å². The van der Waals surface area contributed by atoms with Gasteiger partial charge in [0.2, 0.25) is 11.8 Å². The number of carbonyl (C=O) groups is 2. The number of halogens is 1. The predicted octanol–water partition coefficient (Wildman–Crippen LogP) is 1.55. The maximum absolute atomic E-state index is 12.4. The lowest BCUT2D eigenvalue weighted by molar-refractivity contribution is -0.135. The number of anilines is 1. The van der Waals surface area contributed by atoms with Crippen molar-refractivity contribution in [2.45, 2.75) is 19.3 Å². The van der Waals surface area contributed by atoms with Crippen LogP contribution in [0.3, 0.4) is 0 Å². The zero-order valence-electron chi connectivity index (χ0n) is 14.3. The van der Waals surface area contributed by atoms with Crippen LogP contribution < -0.4 is 21.1 Å². The number of nitrogens with two attached hydrogens (primary N) is 1. The van der Waals surface area contributed by atoms with E-state index >= 15 is 0 Å². The smallest absolute Gasteiger partial charge is 0.227 e. The van der Waals surface area contributed by atoms with E-state index in [4.69, 9.17) is 26.8 Å². The molecule has 0 atom stereocenters. The summed E-state index contributed by atoms with van der Waals surface area (Å²) in [4.78, 5) is 24.5. The number of rotatable bonds is 7. The van der Waals surface area contributed by atoms with Gasteiger partial charge in [-0.1, -0.05) is 11.6 Å². The van der Waals surface area contributed by atoms with Gasteiger partial charge in [-0.05, 0) is 31.0 Å². The molecule has 1 saturated heterocycles. The number of ether oxygens (including phenoxy) is 2. The lowest BCUT2D eigenvalue weighted by atomic mass is 9.79. The maximum Gasteiger partial charge on any atom is 0.227 e. The Morgan fingerprint density at radius 3 is 2.72 bits per heavy atom. The average molecular weight is 370 g/mol. The molecule has 138 valence electrons. The van der Waals surface area contributed by atoms with E-state index in [1.807, 2.05) is 0 Å². The SMILES string of the molecule is COc1ccc(Cl)cc1NC(=O)CCNC(=O)C1(CN)CCOCC1. The van der Waals surface area contributed by atoms with E-state index in [1.54, 1.807) is 18.2 Å². The molecule has 4 N–H and O–H groups in total. The van der Waals surface area contributed by atoms with Crippen LogP contribution in [-0.4, -0.2) is 45.2 Å². The number of methoxy groups -OCH3 is 1. The summed E-state index contributed by atoms with van der Waals surface area (Å²) in [5, 5.41) is 6.04. The van der Waals surface area contributed by atoms with Gasteiger partial charge in [-0.2, -0.15) is 0 Å². The molecule has 7 nitrogen and oxygen atoms in total. The fourth-order valence-electron chi connectivity index (χ4n) is 2.75. The van der Waals surface area contributed by atoms with Crippen molar-refractivity contribution < 1.29 is 19.1 Å². The molecule has 1 heterocycles. The molecule has 0 unspecified atom stereocenters. The topological polar surface area (TPSA) is 103 Å². The van der Waals surface area contributed by atoms with Gasteiger partial charge in [-0.25, -0.2) is 0 Å². The first kappa shape index (κ1) is 19.5. The van der Waals surface area contributed by atoms with Gasteiger partial charge in [-0.15, -0.1) is 0 Å². The fraction of sp³-hybridized carbons (Fsp3) is 0.529. The molecular formula is C17H24ClN3O4. The summed E-state index contributed by atoms with van der Waals surface area (Å²) in [6.07, 6.45) is 1.33. The van der Waals surface area contributed by atoms with E-state index in [9.17, 15) is 9.59 Å². The lowest BCUT2D eigenvalue weighted by Crippen LogP contribution is -2.49. The molecule has 1 aliphatic rings. The largest absolute Gasteiger partial charge is 0.495 e. The summed E-state index contributed by atoms with van der Waals surface area (Å²) in [5.74, 6) is 0.159. The molecular weight excluding hydrogens is 346 g/mol. The molecule has 25 heavy (non-hydrogen) atoms. The standard InChI is InChI=1S/C17H24ClN3O4/c1-24-14-3-2-12(18)10-13(14)21-15(22)4-7-20-16(23)17(11-19)5-8-25-9-6-17/h2-3,10H,4-9,11,19H2,1H3,(H,20,23)(H,21,22). The summed E-state index contributed by atoms with van der Waals surface area (Å²) in [6.45, 7) is 1.56. The Bertz CT molecular complexity index is 618. The molecule has 1 aromatic rings. The number of amides is 2. The van der Waals surface area contributed by atoms with Crippen LogP contribution in [0.2, 0.25) is 5.02 Å². The van der Waals surface area contributed by atoms with Crippen LogP contribution in [0.25, 0.3) is 0 Å². The van der Waals surface area contributed by atoms with E-state index in [-0.39, 0.29) is 31.3 Å². The molecule has 0 spiro atoms. The molecule has 0 aliphatic carbocycles. The van der Waals surface area contributed by atoms with Crippen molar-refractivity contribution >= 4 is 29.1 Å². The molecule has 1 aromatic carbocycles. The summed E-state index contributed by atoms with van der Waals surface area (Å²) in [5.41, 5.74) is 5.70. The van der Waals surface area contributed by atoms with Crippen LogP contribution in [0.4, 0.5) is 5.69 Å². The van der Waals surface area contributed by atoms with Crippen LogP contribution in [0.1, 0.15) is 19.3 Å². The van der Waals surface area contributed by atoms with Gasteiger partial charge >= 0.3 is 0 Å². The molecule has 1 aliphatic heterocycles. The number of nitrogens with one attached hydrogen (secondary N) is 2. The molecule has 0 bridgehead atoms. The van der Waals surface area contributed by atoms with Crippen LogP contribution in [0.5, 0.6) is 5.75 Å². The first-order valence-corrected chi connectivity index (χ1v) is 8.58. The summed E-state index contributed by atoms with van der Waals surface area (Å²) in [6, 6.07) is 4.97. The minimum absolute atomic E-state index is 0.119. The minimum Gasteiger partial charge on any atom is -0.495 e. The van der Waals surface area contributed by atoms with E-state index in [0.29, 0.717) is 42.5 Å². The van der Waals surface area contributed by atoms with Gasteiger partial charge in [0.05, 0.1) is 18.2 Å². The number of hydrogen-bond donors (Lipinski definition) is 3. The monoisotopic (exact) mass is 369 g/mol. The highest BCUT2D eigenvalue weighted by atomic mass is 35.5. The summed E-state index contributed by atoms with van der Waals surface area (Å²) < 4.78 is 10.5. The van der Waals surface area contributed by atoms with Crippen molar-refractivity contribution in [2.24, 2.45) is 11.1 Å². The summed E-state index contributed by atoms with van der Waals surface area (Å²) in [7, 11) is 1.51. The van der Waals surface area contributed by atoms with Gasteiger partial charge < -0.3 is 25.8 Å². The van der Waals surface area contributed by atoms with Gasteiger partial charge in [0.1, 0.15) is 5.75 Å². The first-order valence-electron chi connectivity index (χ1n) is 8.20. The summed E-state index contributed by atoms with van der Waals surface area (Å²) >= 11 is 5.93. The number of hydrogen-bond acceptors (Lipinski definition) is 5.